The molecule has 2 aromatic carbocycles. The first kappa shape index (κ1) is 21.0. The van der Waals surface area contributed by atoms with Gasteiger partial charge < -0.3 is 10.1 Å². The van der Waals surface area contributed by atoms with Gasteiger partial charge in [-0.2, -0.15) is 17.9 Å². The number of para-hydroxylation sites is 2. The average Bonchev–Trinajstić information content (AvgIpc) is 2.89. The Bertz CT molecular complexity index is 1190. The topological polar surface area (TPSA) is 87.3 Å². The van der Waals surface area contributed by atoms with E-state index in [-0.39, 0.29) is 17.0 Å². The molecule has 30 heavy (non-hydrogen) atoms. The normalized spacial score (nSPS) is 11.4. The molecule has 1 amide bonds. The minimum Gasteiger partial charge on any atom is -0.482 e. The van der Waals surface area contributed by atoms with Gasteiger partial charge in [0.25, 0.3) is 5.91 Å². The monoisotopic (exact) mass is 422 g/mol. The molecule has 0 aliphatic rings. The molecule has 1 heterocycles. The minimum atomic E-state index is -4.51. The van der Waals surface area contributed by atoms with Gasteiger partial charge >= 0.3 is 17.6 Å². The zero-order valence-corrected chi connectivity index (χ0v) is 15.9. The van der Waals surface area contributed by atoms with Crippen molar-refractivity contribution in [2.75, 3.05) is 11.9 Å². The van der Waals surface area contributed by atoms with E-state index in [0.717, 1.165) is 13.9 Å². The Labute approximate surface area is 167 Å². The average molecular weight is 422 g/mol. The predicted octanol–water partition coefficient (Wildman–Crippen LogP) is 2.07. The molecule has 0 bridgehead atoms. The second-order valence-corrected chi connectivity index (χ2v) is 6.36. The van der Waals surface area contributed by atoms with Gasteiger partial charge in [0, 0.05) is 19.7 Å². The summed E-state index contributed by atoms with van der Waals surface area (Å²) in [5.41, 5.74) is -0.408. The minimum absolute atomic E-state index is 0.0810. The summed E-state index contributed by atoms with van der Waals surface area (Å²) >= 11 is 0. The summed E-state index contributed by atoms with van der Waals surface area (Å²) in [5.74, 6) is -0.704. The maximum Gasteiger partial charge on any atom is 0.422 e. The van der Waals surface area contributed by atoms with Crippen LogP contribution in [0.4, 0.5) is 18.9 Å². The highest BCUT2D eigenvalue weighted by molar-refractivity contribution is 6.05. The van der Waals surface area contributed by atoms with Crippen molar-refractivity contribution in [1.82, 2.24) is 13.9 Å². The molecular weight excluding hydrogens is 405 g/mol. The molecule has 8 nitrogen and oxygen atoms in total. The summed E-state index contributed by atoms with van der Waals surface area (Å²) in [7, 11) is 2.78. The van der Waals surface area contributed by atoms with E-state index in [1.54, 1.807) is 6.07 Å². The Morgan fingerprint density at radius 2 is 1.63 bits per heavy atom. The van der Waals surface area contributed by atoms with Crippen LogP contribution in [0.2, 0.25) is 0 Å². The van der Waals surface area contributed by atoms with Gasteiger partial charge in [0.2, 0.25) is 0 Å². The van der Waals surface area contributed by atoms with Gasteiger partial charge in [0.05, 0.1) is 11.4 Å². The van der Waals surface area contributed by atoms with E-state index in [1.807, 2.05) is 0 Å². The Balaban J connectivity index is 1.81. The zero-order chi connectivity index (χ0) is 22.1. The van der Waals surface area contributed by atoms with Gasteiger partial charge in [0.15, 0.2) is 6.61 Å². The zero-order valence-electron chi connectivity index (χ0n) is 15.9. The van der Waals surface area contributed by atoms with E-state index in [9.17, 15) is 27.6 Å². The number of hydrogen-bond acceptors (Lipinski definition) is 4. The van der Waals surface area contributed by atoms with E-state index in [0.29, 0.717) is 5.69 Å². The van der Waals surface area contributed by atoms with Crippen LogP contribution in [-0.4, -0.2) is 32.6 Å². The molecule has 158 valence electrons. The maximum atomic E-state index is 12.5. The van der Waals surface area contributed by atoms with Crippen LogP contribution in [0.5, 0.6) is 5.75 Å². The standard InChI is InChI=1S/C19H17F3N4O4/c1-24-17(28)25(2)26(18(24)29)13-9-7-12(8-10-13)16(27)23-14-5-3-4-6-15(14)30-11-19(20,21)22/h3-10H,11H2,1-2H3,(H,23,27). The molecule has 1 N–H and O–H groups in total. The SMILES string of the molecule is Cn1c(=O)n(C)n(-c2ccc(C(=O)Nc3ccccc3OCC(F)(F)F)cc2)c1=O. The van der Waals surface area contributed by atoms with Gasteiger partial charge in [0.1, 0.15) is 5.75 Å². The van der Waals surface area contributed by atoms with Crippen molar-refractivity contribution in [2.24, 2.45) is 14.1 Å². The lowest BCUT2D eigenvalue weighted by atomic mass is 10.2. The van der Waals surface area contributed by atoms with Crippen LogP contribution in [0.1, 0.15) is 10.4 Å². The molecule has 0 aliphatic heterocycles. The molecule has 0 fully saturated rings. The fourth-order valence-corrected chi connectivity index (χ4v) is 2.74. The van der Waals surface area contributed by atoms with Crippen molar-refractivity contribution in [3.63, 3.8) is 0 Å². The smallest absolute Gasteiger partial charge is 0.422 e. The number of hydrogen-bond donors (Lipinski definition) is 1. The van der Waals surface area contributed by atoms with Crippen molar-refractivity contribution in [3.8, 4) is 11.4 Å². The highest BCUT2D eigenvalue weighted by atomic mass is 19.4. The lowest BCUT2D eigenvalue weighted by molar-refractivity contribution is -0.153. The van der Waals surface area contributed by atoms with E-state index >= 15 is 0 Å². The third-order valence-corrected chi connectivity index (χ3v) is 4.23. The lowest BCUT2D eigenvalue weighted by Crippen LogP contribution is -2.25. The number of carbonyl (C=O) groups is 1. The van der Waals surface area contributed by atoms with Crippen molar-refractivity contribution in [3.05, 3.63) is 75.1 Å². The summed E-state index contributed by atoms with van der Waals surface area (Å²) in [6.45, 7) is -1.49. The second kappa shape index (κ2) is 7.93. The number of ether oxygens (including phenoxy) is 1. The van der Waals surface area contributed by atoms with Crippen LogP contribution in [-0.2, 0) is 14.1 Å². The number of alkyl halides is 3. The summed E-state index contributed by atoms with van der Waals surface area (Å²) in [5, 5.41) is 2.50. The number of benzene rings is 2. The van der Waals surface area contributed by atoms with Crippen molar-refractivity contribution in [2.45, 2.75) is 6.18 Å². The van der Waals surface area contributed by atoms with Gasteiger partial charge in [-0.3, -0.25) is 4.79 Å². The van der Waals surface area contributed by atoms with Crippen LogP contribution in [0, 0.1) is 0 Å². The first-order valence-electron chi connectivity index (χ1n) is 8.64. The van der Waals surface area contributed by atoms with Crippen LogP contribution in [0.3, 0.4) is 0 Å². The molecule has 0 saturated carbocycles. The van der Waals surface area contributed by atoms with Gasteiger partial charge in [-0.1, -0.05) is 12.1 Å². The number of anilines is 1. The van der Waals surface area contributed by atoms with Crippen LogP contribution in [0.15, 0.2) is 58.1 Å². The predicted molar refractivity (Wildman–Crippen MR) is 102 cm³/mol. The molecule has 0 saturated heterocycles. The fourth-order valence-electron chi connectivity index (χ4n) is 2.74. The summed E-state index contributed by atoms with van der Waals surface area (Å²) in [6.07, 6.45) is -4.51. The fraction of sp³-hybridized carbons (Fsp3) is 0.211. The van der Waals surface area contributed by atoms with Gasteiger partial charge in [-0.25, -0.2) is 18.8 Å². The van der Waals surface area contributed by atoms with Crippen LogP contribution < -0.4 is 21.4 Å². The Kier molecular flexibility index (Phi) is 5.54. The Morgan fingerprint density at radius 1 is 1.00 bits per heavy atom. The molecule has 3 rings (SSSR count). The first-order valence-corrected chi connectivity index (χ1v) is 8.64. The third kappa shape index (κ3) is 4.29. The molecular formula is C19H17F3N4O4. The molecule has 0 unspecified atom stereocenters. The molecule has 11 heteroatoms. The highest BCUT2D eigenvalue weighted by Crippen LogP contribution is 2.26. The van der Waals surface area contributed by atoms with Crippen molar-refractivity contribution < 1.29 is 22.7 Å². The molecule has 3 aromatic rings. The molecule has 1 aromatic heterocycles. The lowest BCUT2D eigenvalue weighted by Gasteiger charge is -2.14. The summed E-state index contributed by atoms with van der Waals surface area (Å²) in [6, 6.07) is 11.6. The number of carbonyl (C=O) groups excluding carboxylic acids is 1. The van der Waals surface area contributed by atoms with E-state index < -0.39 is 30.1 Å². The number of halogens is 3. The van der Waals surface area contributed by atoms with Gasteiger partial charge in [-0.15, -0.1) is 0 Å². The third-order valence-electron chi connectivity index (χ3n) is 4.23. The van der Waals surface area contributed by atoms with E-state index in [1.165, 1.54) is 56.6 Å². The maximum absolute atomic E-state index is 12.5. The van der Waals surface area contributed by atoms with Crippen LogP contribution in [0.25, 0.3) is 5.69 Å². The number of rotatable bonds is 5. The number of aromatic nitrogens is 3. The van der Waals surface area contributed by atoms with E-state index in [4.69, 9.17) is 4.74 Å². The highest BCUT2D eigenvalue weighted by Gasteiger charge is 2.29. The number of nitrogens with zero attached hydrogens (tertiary/aromatic N) is 3. The Morgan fingerprint density at radius 3 is 2.20 bits per heavy atom. The molecule has 0 atom stereocenters. The second-order valence-electron chi connectivity index (χ2n) is 6.36. The largest absolute Gasteiger partial charge is 0.482 e. The van der Waals surface area contributed by atoms with Crippen molar-refractivity contribution >= 4 is 11.6 Å². The van der Waals surface area contributed by atoms with E-state index in [2.05, 4.69) is 5.32 Å². The summed E-state index contributed by atoms with van der Waals surface area (Å²) in [4.78, 5) is 36.5. The summed E-state index contributed by atoms with van der Waals surface area (Å²) < 4.78 is 45.2. The molecule has 0 spiro atoms. The molecule has 0 aliphatic carbocycles. The van der Waals surface area contributed by atoms with Crippen molar-refractivity contribution in [1.29, 1.82) is 0 Å². The first-order chi connectivity index (χ1) is 14.1. The Hall–Kier alpha value is -3.76. The van der Waals surface area contributed by atoms with Crippen LogP contribution >= 0.6 is 0 Å². The number of amides is 1. The molecule has 0 radical (unpaired) electrons. The van der Waals surface area contributed by atoms with Gasteiger partial charge in [-0.05, 0) is 36.4 Å². The quantitative estimate of drug-likeness (QED) is 0.682. The number of nitrogens with one attached hydrogen (secondary N) is 1.